The number of hydrogen-bond donors (Lipinski definition) is 1. The standard InChI is InChI=1S/C15H16INO/c1-10-8-14(10)15-7-6-13(18-15)9-17-12-4-2-11(16)3-5-12/h2-7,10,14,17H,8-9H2,1H3. The van der Waals surface area contributed by atoms with Crippen LogP contribution in [0.1, 0.15) is 30.8 Å². The second-order valence-electron chi connectivity index (χ2n) is 4.98. The van der Waals surface area contributed by atoms with E-state index < -0.39 is 0 Å². The Morgan fingerprint density at radius 2 is 1.94 bits per heavy atom. The summed E-state index contributed by atoms with van der Waals surface area (Å²) in [5, 5.41) is 3.37. The van der Waals surface area contributed by atoms with E-state index in [0.717, 1.165) is 29.7 Å². The molecule has 1 aromatic carbocycles. The lowest BCUT2D eigenvalue weighted by atomic mass is 10.3. The van der Waals surface area contributed by atoms with E-state index in [0.29, 0.717) is 5.92 Å². The molecular formula is C15H16INO. The molecule has 2 aromatic rings. The van der Waals surface area contributed by atoms with Gasteiger partial charge in [0.05, 0.1) is 6.54 Å². The van der Waals surface area contributed by atoms with Gasteiger partial charge in [-0.3, -0.25) is 0 Å². The molecule has 2 atom stereocenters. The minimum absolute atomic E-state index is 0.664. The molecule has 1 aliphatic rings. The van der Waals surface area contributed by atoms with Gasteiger partial charge in [0.2, 0.25) is 0 Å². The average Bonchev–Trinajstić information content (AvgIpc) is 2.92. The van der Waals surface area contributed by atoms with E-state index in [9.17, 15) is 0 Å². The van der Waals surface area contributed by atoms with Crippen molar-refractivity contribution in [2.45, 2.75) is 25.8 Å². The van der Waals surface area contributed by atoms with Gasteiger partial charge in [0, 0.05) is 15.2 Å². The van der Waals surface area contributed by atoms with Crippen LogP contribution in [0, 0.1) is 9.49 Å². The first-order chi connectivity index (χ1) is 8.72. The molecule has 1 aliphatic carbocycles. The summed E-state index contributed by atoms with van der Waals surface area (Å²) in [5.74, 6) is 3.63. The molecule has 3 rings (SSSR count). The molecule has 0 radical (unpaired) electrons. The van der Waals surface area contributed by atoms with Crippen molar-refractivity contribution >= 4 is 28.3 Å². The van der Waals surface area contributed by atoms with Gasteiger partial charge < -0.3 is 9.73 Å². The van der Waals surface area contributed by atoms with Crippen molar-refractivity contribution < 1.29 is 4.42 Å². The molecule has 1 fully saturated rings. The first kappa shape index (κ1) is 12.1. The van der Waals surface area contributed by atoms with Crippen molar-refractivity contribution in [2.24, 2.45) is 5.92 Å². The summed E-state index contributed by atoms with van der Waals surface area (Å²) >= 11 is 2.31. The number of benzene rings is 1. The van der Waals surface area contributed by atoms with E-state index in [1.807, 2.05) is 0 Å². The van der Waals surface area contributed by atoms with E-state index in [1.165, 1.54) is 9.99 Å². The number of nitrogens with one attached hydrogen (secondary N) is 1. The van der Waals surface area contributed by atoms with Gasteiger partial charge in [-0.2, -0.15) is 0 Å². The highest BCUT2D eigenvalue weighted by Gasteiger charge is 2.36. The maximum atomic E-state index is 5.86. The van der Waals surface area contributed by atoms with Gasteiger partial charge in [-0.25, -0.2) is 0 Å². The zero-order valence-electron chi connectivity index (χ0n) is 10.3. The van der Waals surface area contributed by atoms with Gasteiger partial charge in [-0.1, -0.05) is 6.92 Å². The summed E-state index contributed by atoms with van der Waals surface area (Å²) in [5.41, 5.74) is 1.13. The van der Waals surface area contributed by atoms with Crippen molar-refractivity contribution in [3.63, 3.8) is 0 Å². The Hall–Kier alpha value is -0.970. The summed E-state index contributed by atoms with van der Waals surface area (Å²) in [6, 6.07) is 12.6. The summed E-state index contributed by atoms with van der Waals surface area (Å²) in [6.07, 6.45) is 1.28. The fourth-order valence-electron chi connectivity index (χ4n) is 2.16. The highest BCUT2D eigenvalue weighted by Crippen LogP contribution is 2.47. The molecular weight excluding hydrogens is 337 g/mol. The van der Waals surface area contributed by atoms with Crippen LogP contribution in [-0.2, 0) is 6.54 Å². The third-order valence-electron chi connectivity index (χ3n) is 3.47. The number of furan rings is 1. The molecule has 0 saturated heterocycles. The largest absolute Gasteiger partial charge is 0.464 e. The van der Waals surface area contributed by atoms with E-state index in [2.05, 4.69) is 71.2 Å². The van der Waals surface area contributed by atoms with Crippen LogP contribution in [0.5, 0.6) is 0 Å². The average molecular weight is 353 g/mol. The van der Waals surface area contributed by atoms with E-state index in [4.69, 9.17) is 4.42 Å². The van der Waals surface area contributed by atoms with Gasteiger partial charge in [0.1, 0.15) is 11.5 Å². The van der Waals surface area contributed by atoms with E-state index in [-0.39, 0.29) is 0 Å². The topological polar surface area (TPSA) is 25.2 Å². The van der Waals surface area contributed by atoms with Crippen molar-refractivity contribution in [3.05, 3.63) is 51.5 Å². The van der Waals surface area contributed by atoms with Crippen LogP contribution in [0.4, 0.5) is 5.69 Å². The second kappa shape index (κ2) is 4.96. The maximum Gasteiger partial charge on any atom is 0.123 e. The summed E-state index contributed by atoms with van der Waals surface area (Å²) < 4.78 is 7.11. The number of anilines is 1. The zero-order valence-corrected chi connectivity index (χ0v) is 12.5. The molecule has 3 heteroatoms. The Labute approximate surface area is 121 Å². The fourth-order valence-corrected chi connectivity index (χ4v) is 2.52. The summed E-state index contributed by atoms with van der Waals surface area (Å²) in [6.45, 7) is 3.03. The molecule has 1 heterocycles. The predicted molar refractivity (Wildman–Crippen MR) is 81.7 cm³/mol. The molecule has 0 bridgehead atoms. The van der Waals surface area contributed by atoms with Crippen LogP contribution in [0.2, 0.25) is 0 Å². The monoisotopic (exact) mass is 353 g/mol. The van der Waals surface area contributed by atoms with Crippen LogP contribution in [-0.4, -0.2) is 0 Å². The second-order valence-corrected chi connectivity index (χ2v) is 6.23. The first-order valence-corrected chi connectivity index (χ1v) is 7.38. The number of halogens is 1. The zero-order chi connectivity index (χ0) is 12.5. The Kier molecular flexibility index (Phi) is 3.33. The van der Waals surface area contributed by atoms with Crippen molar-refractivity contribution in [3.8, 4) is 0 Å². The molecule has 1 N–H and O–H groups in total. The van der Waals surface area contributed by atoms with Crippen LogP contribution in [0.3, 0.4) is 0 Å². The fraction of sp³-hybridized carbons (Fsp3) is 0.333. The molecule has 0 amide bonds. The molecule has 18 heavy (non-hydrogen) atoms. The third kappa shape index (κ3) is 2.71. The number of rotatable bonds is 4. The van der Waals surface area contributed by atoms with Crippen molar-refractivity contribution in [1.82, 2.24) is 0 Å². The molecule has 2 nitrogen and oxygen atoms in total. The number of hydrogen-bond acceptors (Lipinski definition) is 2. The molecule has 94 valence electrons. The maximum absolute atomic E-state index is 5.86. The van der Waals surface area contributed by atoms with Crippen LogP contribution in [0.25, 0.3) is 0 Å². The van der Waals surface area contributed by atoms with E-state index in [1.54, 1.807) is 0 Å². The quantitative estimate of drug-likeness (QED) is 0.812. The highest BCUT2D eigenvalue weighted by molar-refractivity contribution is 14.1. The van der Waals surface area contributed by atoms with Crippen LogP contribution >= 0.6 is 22.6 Å². The molecule has 2 unspecified atom stereocenters. The third-order valence-corrected chi connectivity index (χ3v) is 4.19. The van der Waals surface area contributed by atoms with Crippen LogP contribution in [0.15, 0.2) is 40.8 Å². The summed E-state index contributed by atoms with van der Waals surface area (Å²) in [7, 11) is 0. The predicted octanol–water partition coefficient (Wildman–Crippen LogP) is 4.62. The van der Waals surface area contributed by atoms with Gasteiger partial charge in [0.25, 0.3) is 0 Å². The Morgan fingerprint density at radius 1 is 1.22 bits per heavy atom. The normalized spacial score (nSPS) is 21.9. The van der Waals surface area contributed by atoms with Gasteiger partial charge >= 0.3 is 0 Å². The minimum Gasteiger partial charge on any atom is -0.464 e. The van der Waals surface area contributed by atoms with Crippen molar-refractivity contribution in [2.75, 3.05) is 5.32 Å². The van der Waals surface area contributed by atoms with Crippen LogP contribution < -0.4 is 5.32 Å². The Balaban J connectivity index is 1.59. The SMILES string of the molecule is CC1CC1c1ccc(CNc2ccc(I)cc2)o1. The minimum atomic E-state index is 0.664. The lowest BCUT2D eigenvalue weighted by Gasteiger charge is -2.04. The lowest BCUT2D eigenvalue weighted by Crippen LogP contribution is -1.97. The molecule has 0 spiro atoms. The van der Waals surface area contributed by atoms with Crippen molar-refractivity contribution in [1.29, 1.82) is 0 Å². The molecule has 0 aliphatic heterocycles. The smallest absolute Gasteiger partial charge is 0.123 e. The summed E-state index contributed by atoms with van der Waals surface area (Å²) in [4.78, 5) is 0. The van der Waals surface area contributed by atoms with Gasteiger partial charge in [0.15, 0.2) is 0 Å². The van der Waals surface area contributed by atoms with Gasteiger partial charge in [-0.05, 0) is 71.3 Å². The van der Waals surface area contributed by atoms with E-state index >= 15 is 0 Å². The molecule has 1 aromatic heterocycles. The molecule has 1 saturated carbocycles. The Morgan fingerprint density at radius 3 is 2.61 bits per heavy atom. The van der Waals surface area contributed by atoms with Gasteiger partial charge in [-0.15, -0.1) is 0 Å². The highest BCUT2D eigenvalue weighted by atomic mass is 127. The Bertz CT molecular complexity index is 532. The lowest BCUT2D eigenvalue weighted by molar-refractivity contribution is 0.468. The first-order valence-electron chi connectivity index (χ1n) is 6.30.